The fraction of sp³-hybridized carbons (Fsp3) is 0.444. The molecule has 0 aromatic heterocycles. The number of hydrogen-bond acceptors (Lipinski definition) is 8. The number of esters is 1. The fourth-order valence-corrected chi connectivity index (χ4v) is 2.23. The van der Waals surface area contributed by atoms with Crippen LogP contribution in [0.2, 0.25) is 0 Å². The summed E-state index contributed by atoms with van der Waals surface area (Å²) in [5.41, 5.74) is 2.49. The molecule has 0 amide bonds. The maximum atomic E-state index is 12.0. The lowest BCUT2D eigenvalue weighted by Gasteiger charge is -2.14. The van der Waals surface area contributed by atoms with Gasteiger partial charge in [0.1, 0.15) is 14.2 Å². The van der Waals surface area contributed by atoms with Crippen LogP contribution in [-0.2, 0) is 24.0 Å². The first-order valence-electron chi connectivity index (χ1n) is 8.07. The second kappa shape index (κ2) is 10.9. The van der Waals surface area contributed by atoms with Gasteiger partial charge < -0.3 is 19.2 Å². The van der Waals surface area contributed by atoms with E-state index in [1.165, 1.54) is 21.3 Å². The molecule has 8 heteroatoms. The predicted octanol–water partition coefficient (Wildman–Crippen LogP) is 2.75. The Hall–Kier alpha value is -2.90. The number of benzene rings is 1. The minimum atomic E-state index is -0.609. The van der Waals surface area contributed by atoms with Gasteiger partial charge in [0.15, 0.2) is 11.8 Å². The molecule has 1 atom stereocenters. The van der Waals surface area contributed by atoms with Crippen molar-refractivity contribution >= 4 is 23.1 Å². The Morgan fingerprint density at radius 3 is 2.15 bits per heavy atom. The van der Waals surface area contributed by atoms with Crippen molar-refractivity contribution in [1.29, 1.82) is 0 Å². The zero-order chi connectivity index (χ0) is 19.5. The summed E-state index contributed by atoms with van der Waals surface area (Å²) in [6, 6.07) is 7.15. The zero-order valence-corrected chi connectivity index (χ0v) is 16.0. The van der Waals surface area contributed by atoms with E-state index in [2.05, 4.69) is 15.5 Å². The smallest absolute Gasteiger partial charge is 0.360 e. The van der Waals surface area contributed by atoms with Crippen molar-refractivity contribution in [2.45, 2.75) is 33.3 Å². The molecule has 1 rings (SSSR count). The van der Waals surface area contributed by atoms with Crippen LogP contribution in [0.25, 0.3) is 0 Å². The normalized spacial score (nSPS) is 13.8. The fourth-order valence-electron chi connectivity index (χ4n) is 2.23. The number of rotatable bonds is 9. The summed E-state index contributed by atoms with van der Waals surface area (Å²) in [7, 11) is 4.12. The van der Waals surface area contributed by atoms with Gasteiger partial charge in [-0.2, -0.15) is 0 Å². The first-order chi connectivity index (χ1) is 12.5. The second-order valence-electron chi connectivity index (χ2n) is 5.25. The molecule has 26 heavy (non-hydrogen) atoms. The molecule has 0 aliphatic heterocycles. The van der Waals surface area contributed by atoms with E-state index in [1.807, 2.05) is 19.1 Å². The summed E-state index contributed by atoms with van der Waals surface area (Å²) in [6.45, 7) is 5.53. The van der Waals surface area contributed by atoms with Gasteiger partial charge in [0.05, 0.1) is 18.5 Å². The molecule has 8 nitrogen and oxygen atoms in total. The molecule has 0 N–H and O–H groups in total. The molecule has 0 aliphatic rings. The summed E-state index contributed by atoms with van der Waals surface area (Å²) in [5.74, 6) is -0.609. The van der Waals surface area contributed by atoms with E-state index in [1.54, 1.807) is 26.0 Å². The highest BCUT2D eigenvalue weighted by atomic mass is 16.6. The van der Waals surface area contributed by atoms with Crippen LogP contribution in [0.1, 0.15) is 38.3 Å². The van der Waals surface area contributed by atoms with Crippen molar-refractivity contribution < 1.29 is 24.0 Å². The first kappa shape index (κ1) is 21.1. The van der Waals surface area contributed by atoms with E-state index in [-0.39, 0.29) is 11.8 Å². The van der Waals surface area contributed by atoms with Crippen molar-refractivity contribution in [3.05, 3.63) is 35.4 Å². The molecular weight excluding hydrogens is 338 g/mol. The van der Waals surface area contributed by atoms with Crippen LogP contribution in [0, 0.1) is 0 Å². The molecule has 0 fully saturated rings. The minimum absolute atomic E-state index is 0.0457. The van der Waals surface area contributed by atoms with Gasteiger partial charge >= 0.3 is 5.97 Å². The maximum Gasteiger partial charge on any atom is 0.360 e. The third kappa shape index (κ3) is 5.58. The summed E-state index contributed by atoms with van der Waals surface area (Å²) in [6.07, 6.45) is 0.361. The van der Waals surface area contributed by atoms with Crippen LogP contribution < -0.4 is 0 Å². The van der Waals surface area contributed by atoms with Gasteiger partial charge in [-0.15, -0.1) is 0 Å². The van der Waals surface area contributed by atoms with Crippen LogP contribution in [0.4, 0.5) is 0 Å². The molecular formula is C18H25N3O5. The predicted molar refractivity (Wildman–Crippen MR) is 99.5 cm³/mol. The average Bonchev–Trinajstić information content (AvgIpc) is 2.66. The van der Waals surface area contributed by atoms with Gasteiger partial charge in [-0.25, -0.2) is 4.79 Å². The maximum absolute atomic E-state index is 12.0. The monoisotopic (exact) mass is 363 g/mol. The summed E-state index contributed by atoms with van der Waals surface area (Å²) < 4.78 is 4.78. The standard InChI is InChI=1S/C18H25N3O5/c1-7-16(13(3)19-24-5)26-20-12(2)14-10-8-9-11-15(14)17(21-25-6)18(22)23-4/h8-11,16H,7H2,1-6H3/b19-13+,20-12+,21-17+. The highest BCUT2D eigenvalue weighted by molar-refractivity contribution is 6.44. The Morgan fingerprint density at radius 2 is 1.62 bits per heavy atom. The summed E-state index contributed by atoms with van der Waals surface area (Å²) in [4.78, 5) is 27.2. The SMILES string of the molecule is CCC(O/N=C(\C)c1ccccc1/C(=N\OC)C(=O)OC)/C(C)=N/OC. The Bertz CT molecular complexity index is 698. The number of hydrogen-bond donors (Lipinski definition) is 0. The summed E-state index contributed by atoms with van der Waals surface area (Å²) in [5, 5.41) is 11.8. The third-order valence-corrected chi connectivity index (χ3v) is 3.52. The largest absolute Gasteiger partial charge is 0.464 e. The van der Waals surface area contributed by atoms with Gasteiger partial charge in [0.2, 0.25) is 0 Å². The van der Waals surface area contributed by atoms with Crippen molar-refractivity contribution in [1.82, 2.24) is 0 Å². The number of nitrogens with zero attached hydrogens (tertiary/aromatic N) is 3. The van der Waals surface area contributed by atoms with E-state index in [4.69, 9.17) is 19.2 Å². The number of methoxy groups -OCH3 is 1. The van der Waals surface area contributed by atoms with Crippen LogP contribution in [0.3, 0.4) is 0 Å². The Morgan fingerprint density at radius 1 is 1.00 bits per heavy atom. The first-order valence-corrected chi connectivity index (χ1v) is 8.07. The van der Waals surface area contributed by atoms with E-state index in [9.17, 15) is 4.79 Å². The van der Waals surface area contributed by atoms with Crippen LogP contribution in [0.5, 0.6) is 0 Å². The lowest BCUT2D eigenvalue weighted by molar-refractivity contribution is -0.132. The van der Waals surface area contributed by atoms with E-state index in [0.717, 1.165) is 0 Å². The van der Waals surface area contributed by atoms with Crippen molar-refractivity contribution in [3.8, 4) is 0 Å². The molecule has 0 aliphatic carbocycles. The van der Waals surface area contributed by atoms with E-state index >= 15 is 0 Å². The Labute approximate surface area is 153 Å². The van der Waals surface area contributed by atoms with E-state index in [0.29, 0.717) is 29.0 Å². The molecule has 1 aromatic carbocycles. The van der Waals surface area contributed by atoms with Crippen LogP contribution >= 0.6 is 0 Å². The lowest BCUT2D eigenvalue weighted by Crippen LogP contribution is -2.22. The van der Waals surface area contributed by atoms with Gasteiger partial charge in [-0.3, -0.25) is 0 Å². The van der Waals surface area contributed by atoms with Crippen molar-refractivity contribution in [2.75, 3.05) is 21.3 Å². The van der Waals surface area contributed by atoms with Gasteiger partial charge in [0.25, 0.3) is 0 Å². The topological polar surface area (TPSA) is 91.1 Å². The third-order valence-electron chi connectivity index (χ3n) is 3.52. The molecule has 0 bridgehead atoms. The van der Waals surface area contributed by atoms with Crippen molar-refractivity contribution in [2.24, 2.45) is 15.5 Å². The second-order valence-corrected chi connectivity index (χ2v) is 5.25. The number of oxime groups is 3. The Kier molecular flexibility index (Phi) is 8.83. The highest BCUT2D eigenvalue weighted by Gasteiger charge is 2.20. The molecule has 0 spiro atoms. The molecule has 0 saturated carbocycles. The number of carbonyl (C=O) groups excluding carboxylic acids is 1. The van der Waals surface area contributed by atoms with Crippen molar-refractivity contribution in [3.63, 3.8) is 0 Å². The zero-order valence-electron chi connectivity index (χ0n) is 16.0. The molecule has 1 unspecified atom stereocenters. The molecule has 1 aromatic rings. The molecule has 142 valence electrons. The Balaban J connectivity index is 3.21. The average molecular weight is 363 g/mol. The van der Waals surface area contributed by atoms with Crippen LogP contribution in [-0.4, -0.2) is 50.5 Å². The molecule has 0 heterocycles. The lowest BCUT2D eigenvalue weighted by atomic mass is 10.00. The van der Waals surface area contributed by atoms with E-state index < -0.39 is 5.97 Å². The quantitative estimate of drug-likeness (QED) is 0.382. The van der Waals surface area contributed by atoms with Crippen LogP contribution in [0.15, 0.2) is 39.7 Å². The van der Waals surface area contributed by atoms with Gasteiger partial charge in [-0.1, -0.05) is 46.7 Å². The highest BCUT2D eigenvalue weighted by Crippen LogP contribution is 2.14. The minimum Gasteiger partial charge on any atom is -0.464 e. The summed E-state index contributed by atoms with van der Waals surface area (Å²) >= 11 is 0. The van der Waals surface area contributed by atoms with Gasteiger partial charge in [-0.05, 0) is 20.3 Å². The van der Waals surface area contributed by atoms with Gasteiger partial charge in [0, 0.05) is 11.1 Å². The number of carbonyl (C=O) groups is 1. The number of ether oxygens (including phenoxy) is 1. The molecule has 0 saturated heterocycles. The molecule has 0 radical (unpaired) electrons.